The number of non-ortho nitro benzene ring substituents is 1. The van der Waals surface area contributed by atoms with E-state index in [1.54, 1.807) is 6.07 Å². The van der Waals surface area contributed by atoms with Gasteiger partial charge in [-0.15, -0.1) is 0 Å². The number of nitrogens with zero attached hydrogens (tertiary/aromatic N) is 2. The van der Waals surface area contributed by atoms with Crippen molar-refractivity contribution in [2.75, 3.05) is 31.1 Å². The SMILES string of the molecule is O=C(NCC1CCCO1)c1cc([N+](=O)[O-])ccc1N1CCCCC1. The lowest BCUT2D eigenvalue weighted by Gasteiger charge is -2.30. The molecule has 7 nitrogen and oxygen atoms in total. The average Bonchev–Trinajstić information content (AvgIpc) is 3.13. The quantitative estimate of drug-likeness (QED) is 0.661. The van der Waals surface area contributed by atoms with E-state index in [1.165, 1.54) is 18.6 Å². The molecule has 0 radical (unpaired) electrons. The topological polar surface area (TPSA) is 84.7 Å². The van der Waals surface area contributed by atoms with Crippen LogP contribution in [0.3, 0.4) is 0 Å². The zero-order valence-electron chi connectivity index (χ0n) is 13.7. The molecule has 0 aliphatic carbocycles. The van der Waals surface area contributed by atoms with Crippen molar-refractivity contribution in [1.82, 2.24) is 5.32 Å². The van der Waals surface area contributed by atoms with E-state index < -0.39 is 4.92 Å². The molecule has 1 N–H and O–H groups in total. The summed E-state index contributed by atoms with van der Waals surface area (Å²) in [5.74, 6) is -0.269. The van der Waals surface area contributed by atoms with Crippen LogP contribution in [0.15, 0.2) is 18.2 Å². The molecule has 0 aromatic heterocycles. The van der Waals surface area contributed by atoms with E-state index in [4.69, 9.17) is 4.74 Å². The van der Waals surface area contributed by atoms with Crippen LogP contribution in [0.5, 0.6) is 0 Å². The first-order valence-electron chi connectivity index (χ1n) is 8.58. The summed E-state index contributed by atoms with van der Waals surface area (Å²) in [6, 6.07) is 4.56. The number of carbonyl (C=O) groups excluding carboxylic acids is 1. The molecule has 7 heteroatoms. The fourth-order valence-corrected chi connectivity index (χ4v) is 3.34. The molecule has 2 aliphatic heterocycles. The number of carbonyl (C=O) groups is 1. The molecule has 24 heavy (non-hydrogen) atoms. The number of nitrogens with one attached hydrogen (secondary N) is 1. The molecule has 2 fully saturated rings. The van der Waals surface area contributed by atoms with Gasteiger partial charge in [-0.25, -0.2) is 0 Å². The molecule has 130 valence electrons. The van der Waals surface area contributed by atoms with Gasteiger partial charge in [-0.3, -0.25) is 14.9 Å². The number of hydrogen-bond donors (Lipinski definition) is 1. The minimum absolute atomic E-state index is 0.0473. The second-order valence-corrected chi connectivity index (χ2v) is 6.35. The minimum atomic E-state index is -0.461. The van der Waals surface area contributed by atoms with Crippen molar-refractivity contribution in [1.29, 1.82) is 0 Å². The smallest absolute Gasteiger partial charge is 0.270 e. The van der Waals surface area contributed by atoms with Gasteiger partial charge in [0.2, 0.25) is 0 Å². The highest BCUT2D eigenvalue weighted by atomic mass is 16.6. The summed E-state index contributed by atoms with van der Waals surface area (Å²) in [4.78, 5) is 25.4. The molecule has 2 aliphatic rings. The van der Waals surface area contributed by atoms with Crippen LogP contribution < -0.4 is 10.2 Å². The van der Waals surface area contributed by atoms with Gasteiger partial charge in [0.25, 0.3) is 11.6 Å². The monoisotopic (exact) mass is 333 g/mol. The first-order chi connectivity index (χ1) is 11.6. The number of nitro benzene ring substituents is 1. The zero-order chi connectivity index (χ0) is 16.9. The second kappa shape index (κ2) is 7.61. The Morgan fingerprint density at radius 2 is 2.08 bits per heavy atom. The third-order valence-electron chi connectivity index (χ3n) is 4.65. The number of hydrogen-bond acceptors (Lipinski definition) is 5. The van der Waals surface area contributed by atoms with Crippen LogP contribution in [0.1, 0.15) is 42.5 Å². The normalized spacial score (nSPS) is 20.8. The average molecular weight is 333 g/mol. The number of amides is 1. The number of piperidine rings is 1. The molecular formula is C17H23N3O4. The number of ether oxygens (including phenoxy) is 1. The lowest BCUT2D eigenvalue weighted by molar-refractivity contribution is -0.384. The van der Waals surface area contributed by atoms with Gasteiger partial charge in [0, 0.05) is 38.4 Å². The number of rotatable bonds is 5. The van der Waals surface area contributed by atoms with Crippen LogP contribution in [0.2, 0.25) is 0 Å². The van der Waals surface area contributed by atoms with E-state index in [0.29, 0.717) is 12.1 Å². The highest BCUT2D eigenvalue weighted by Crippen LogP contribution is 2.28. The molecule has 1 atom stereocenters. The highest BCUT2D eigenvalue weighted by Gasteiger charge is 2.23. The predicted octanol–water partition coefficient (Wildman–Crippen LogP) is 2.49. The van der Waals surface area contributed by atoms with E-state index in [9.17, 15) is 14.9 Å². The molecule has 3 rings (SSSR count). The van der Waals surface area contributed by atoms with Gasteiger partial charge < -0.3 is 15.0 Å². The Labute approximate surface area is 141 Å². The van der Waals surface area contributed by atoms with E-state index in [2.05, 4.69) is 10.2 Å². The summed E-state index contributed by atoms with van der Waals surface area (Å²) in [5.41, 5.74) is 1.10. The Kier molecular flexibility index (Phi) is 5.30. The number of nitro groups is 1. The maximum atomic E-state index is 12.6. The standard InChI is InChI=1S/C17H23N3O4/c21-17(18-12-14-5-4-10-24-14)15-11-13(20(22)23)6-7-16(15)19-8-2-1-3-9-19/h6-7,11,14H,1-5,8-10,12H2,(H,18,21). The lowest BCUT2D eigenvalue weighted by atomic mass is 10.1. The molecule has 0 spiro atoms. The summed E-state index contributed by atoms with van der Waals surface area (Å²) in [6.07, 6.45) is 5.34. The van der Waals surface area contributed by atoms with Crippen molar-refractivity contribution in [3.05, 3.63) is 33.9 Å². The van der Waals surface area contributed by atoms with Crippen molar-refractivity contribution in [2.45, 2.75) is 38.2 Å². The van der Waals surface area contributed by atoms with Crippen LogP contribution in [0, 0.1) is 10.1 Å². The largest absolute Gasteiger partial charge is 0.376 e. The fourth-order valence-electron chi connectivity index (χ4n) is 3.34. The van der Waals surface area contributed by atoms with Gasteiger partial charge in [0.15, 0.2) is 0 Å². The van der Waals surface area contributed by atoms with Crippen molar-refractivity contribution >= 4 is 17.3 Å². The highest BCUT2D eigenvalue weighted by molar-refractivity contribution is 6.00. The lowest BCUT2D eigenvalue weighted by Crippen LogP contribution is -2.35. The Morgan fingerprint density at radius 3 is 2.75 bits per heavy atom. The zero-order valence-corrected chi connectivity index (χ0v) is 13.7. The Balaban J connectivity index is 1.79. The summed E-state index contributed by atoms with van der Waals surface area (Å²) < 4.78 is 5.51. The van der Waals surface area contributed by atoms with Gasteiger partial charge in [-0.05, 0) is 38.2 Å². The van der Waals surface area contributed by atoms with E-state index in [1.807, 2.05) is 0 Å². The third-order valence-corrected chi connectivity index (χ3v) is 4.65. The Bertz CT molecular complexity index is 608. The first kappa shape index (κ1) is 16.7. The fraction of sp³-hybridized carbons (Fsp3) is 0.588. The van der Waals surface area contributed by atoms with Gasteiger partial charge in [-0.2, -0.15) is 0 Å². The van der Waals surface area contributed by atoms with E-state index in [-0.39, 0.29) is 17.7 Å². The maximum absolute atomic E-state index is 12.6. The molecule has 0 saturated carbocycles. The van der Waals surface area contributed by atoms with Crippen molar-refractivity contribution in [2.24, 2.45) is 0 Å². The number of anilines is 1. The predicted molar refractivity (Wildman–Crippen MR) is 90.5 cm³/mol. The van der Waals surface area contributed by atoms with Gasteiger partial charge in [-0.1, -0.05) is 0 Å². The molecule has 1 unspecified atom stereocenters. The van der Waals surface area contributed by atoms with Crippen LogP contribution in [0.4, 0.5) is 11.4 Å². The maximum Gasteiger partial charge on any atom is 0.270 e. The molecule has 2 heterocycles. The van der Waals surface area contributed by atoms with E-state index >= 15 is 0 Å². The molecule has 0 bridgehead atoms. The summed E-state index contributed by atoms with van der Waals surface area (Å²) in [5, 5.41) is 13.9. The Hall–Kier alpha value is -2.15. The van der Waals surface area contributed by atoms with Crippen molar-refractivity contribution in [3.63, 3.8) is 0 Å². The van der Waals surface area contributed by atoms with E-state index in [0.717, 1.165) is 51.1 Å². The van der Waals surface area contributed by atoms with Crippen molar-refractivity contribution in [3.8, 4) is 0 Å². The molecule has 2 saturated heterocycles. The van der Waals surface area contributed by atoms with Crippen LogP contribution in [0.25, 0.3) is 0 Å². The number of benzene rings is 1. The first-order valence-corrected chi connectivity index (χ1v) is 8.58. The van der Waals surface area contributed by atoms with Gasteiger partial charge in [0.05, 0.1) is 22.3 Å². The third kappa shape index (κ3) is 3.84. The second-order valence-electron chi connectivity index (χ2n) is 6.35. The molecule has 1 aromatic carbocycles. The van der Waals surface area contributed by atoms with Gasteiger partial charge in [0.1, 0.15) is 0 Å². The van der Waals surface area contributed by atoms with Crippen molar-refractivity contribution < 1.29 is 14.5 Å². The van der Waals surface area contributed by atoms with Crippen LogP contribution >= 0.6 is 0 Å². The summed E-state index contributed by atoms with van der Waals surface area (Å²) >= 11 is 0. The minimum Gasteiger partial charge on any atom is -0.376 e. The summed E-state index contributed by atoms with van der Waals surface area (Å²) in [6.45, 7) is 2.94. The molecular weight excluding hydrogens is 310 g/mol. The van der Waals surface area contributed by atoms with Crippen LogP contribution in [-0.2, 0) is 4.74 Å². The molecule has 1 amide bonds. The van der Waals surface area contributed by atoms with Gasteiger partial charge >= 0.3 is 0 Å². The van der Waals surface area contributed by atoms with Crippen LogP contribution in [-0.4, -0.2) is 43.2 Å². The molecule has 1 aromatic rings. The Morgan fingerprint density at radius 1 is 1.29 bits per heavy atom. The summed E-state index contributed by atoms with van der Waals surface area (Å²) in [7, 11) is 0.